The standard InChI is InChI=1S/C18H25NO2/c1-13(20)14-8-10-19(11-9-14)18(21)12-16-7-6-15-4-2-3-5-17(15)16/h2-5,13-14,16,20H,6-12H2,1H3. The lowest BCUT2D eigenvalue weighted by molar-refractivity contribution is -0.133. The van der Waals surface area contributed by atoms with E-state index in [-0.39, 0.29) is 6.10 Å². The lowest BCUT2D eigenvalue weighted by atomic mass is 9.91. The lowest BCUT2D eigenvalue weighted by Crippen LogP contribution is -2.41. The van der Waals surface area contributed by atoms with Gasteiger partial charge in [0, 0.05) is 19.5 Å². The van der Waals surface area contributed by atoms with Gasteiger partial charge in [-0.1, -0.05) is 24.3 Å². The minimum atomic E-state index is -0.246. The Hall–Kier alpha value is -1.35. The third-order valence-corrected chi connectivity index (χ3v) is 5.25. The molecule has 1 aromatic carbocycles. The Morgan fingerprint density at radius 2 is 2.00 bits per heavy atom. The molecule has 3 rings (SSSR count). The topological polar surface area (TPSA) is 40.5 Å². The minimum absolute atomic E-state index is 0.246. The van der Waals surface area contributed by atoms with Crippen LogP contribution in [0.1, 0.15) is 49.7 Å². The molecule has 1 aliphatic carbocycles. The van der Waals surface area contributed by atoms with E-state index in [4.69, 9.17) is 0 Å². The number of amides is 1. The van der Waals surface area contributed by atoms with Crippen LogP contribution in [0, 0.1) is 5.92 Å². The molecular formula is C18H25NO2. The van der Waals surface area contributed by atoms with E-state index >= 15 is 0 Å². The molecule has 1 amide bonds. The number of rotatable bonds is 3. The van der Waals surface area contributed by atoms with Crippen molar-refractivity contribution in [3.05, 3.63) is 35.4 Å². The summed E-state index contributed by atoms with van der Waals surface area (Å²) in [5.74, 6) is 1.06. The first kappa shape index (κ1) is 14.6. The highest BCUT2D eigenvalue weighted by Gasteiger charge is 2.29. The van der Waals surface area contributed by atoms with Crippen LogP contribution in [0.25, 0.3) is 0 Å². The number of piperidine rings is 1. The highest BCUT2D eigenvalue weighted by molar-refractivity contribution is 5.77. The zero-order valence-corrected chi connectivity index (χ0v) is 12.8. The van der Waals surface area contributed by atoms with Crippen LogP contribution in [-0.2, 0) is 11.2 Å². The molecule has 3 heteroatoms. The molecule has 3 nitrogen and oxygen atoms in total. The normalized spacial score (nSPS) is 23.9. The Labute approximate surface area is 127 Å². The van der Waals surface area contributed by atoms with Crippen molar-refractivity contribution in [2.75, 3.05) is 13.1 Å². The van der Waals surface area contributed by atoms with Gasteiger partial charge in [0.2, 0.25) is 5.91 Å². The number of hydrogen-bond acceptors (Lipinski definition) is 2. The van der Waals surface area contributed by atoms with E-state index in [1.165, 1.54) is 11.1 Å². The molecule has 1 saturated heterocycles. The first-order chi connectivity index (χ1) is 10.1. The number of carbonyl (C=O) groups excluding carboxylic acids is 1. The summed E-state index contributed by atoms with van der Waals surface area (Å²) in [6.07, 6.45) is 4.49. The van der Waals surface area contributed by atoms with Crippen LogP contribution in [0.15, 0.2) is 24.3 Å². The van der Waals surface area contributed by atoms with Crippen molar-refractivity contribution in [1.29, 1.82) is 0 Å². The number of hydrogen-bond donors (Lipinski definition) is 1. The molecule has 114 valence electrons. The largest absolute Gasteiger partial charge is 0.393 e. The Bertz CT molecular complexity index is 504. The molecule has 2 aliphatic rings. The van der Waals surface area contributed by atoms with E-state index in [9.17, 15) is 9.90 Å². The number of nitrogens with zero attached hydrogens (tertiary/aromatic N) is 1. The van der Waals surface area contributed by atoms with Crippen molar-refractivity contribution in [2.45, 2.75) is 51.0 Å². The second kappa shape index (κ2) is 6.18. The molecule has 0 spiro atoms. The molecule has 2 atom stereocenters. The molecule has 1 aromatic rings. The van der Waals surface area contributed by atoms with Crippen molar-refractivity contribution in [2.24, 2.45) is 5.92 Å². The smallest absolute Gasteiger partial charge is 0.223 e. The van der Waals surface area contributed by atoms with Crippen LogP contribution in [0.2, 0.25) is 0 Å². The first-order valence-electron chi connectivity index (χ1n) is 8.19. The number of aryl methyl sites for hydroxylation is 1. The predicted octanol–water partition coefficient (Wildman–Crippen LogP) is 2.73. The van der Waals surface area contributed by atoms with E-state index in [0.29, 0.717) is 24.2 Å². The third-order valence-electron chi connectivity index (χ3n) is 5.25. The van der Waals surface area contributed by atoms with Crippen LogP contribution >= 0.6 is 0 Å². The van der Waals surface area contributed by atoms with Gasteiger partial charge < -0.3 is 10.0 Å². The van der Waals surface area contributed by atoms with Gasteiger partial charge in [-0.25, -0.2) is 0 Å². The zero-order chi connectivity index (χ0) is 14.8. The summed E-state index contributed by atoms with van der Waals surface area (Å²) in [7, 11) is 0. The maximum atomic E-state index is 12.5. The molecule has 0 aromatic heterocycles. The molecule has 21 heavy (non-hydrogen) atoms. The fraction of sp³-hybridized carbons (Fsp3) is 0.611. The Balaban J connectivity index is 1.56. The van der Waals surface area contributed by atoms with Gasteiger partial charge in [-0.3, -0.25) is 4.79 Å². The SMILES string of the molecule is CC(O)C1CCN(C(=O)CC2CCc3ccccc32)CC1. The molecule has 2 unspecified atom stereocenters. The van der Waals surface area contributed by atoms with Crippen molar-refractivity contribution in [1.82, 2.24) is 4.90 Å². The highest BCUT2D eigenvalue weighted by Crippen LogP contribution is 2.36. The highest BCUT2D eigenvalue weighted by atomic mass is 16.3. The van der Waals surface area contributed by atoms with Crippen molar-refractivity contribution < 1.29 is 9.90 Å². The summed E-state index contributed by atoms with van der Waals surface area (Å²) in [6.45, 7) is 3.48. The van der Waals surface area contributed by atoms with E-state index < -0.39 is 0 Å². The van der Waals surface area contributed by atoms with E-state index in [0.717, 1.165) is 38.8 Å². The van der Waals surface area contributed by atoms with E-state index in [2.05, 4.69) is 24.3 Å². The number of benzene rings is 1. The summed E-state index contributed by atoms with van der Waals surface area (Å²) in [5, 5.41) is 9.64. The second-order valence-corrected chi connectivity index (χ2v) is 6.60. The van der Waals surface area contributed by atoms with Gasteiger partial charge in [-0.15, -0.1) is 0 Å². The van der Waals surface area contributed by atoms with Crippen LogP contribution in [0.5, 0.6) is 0 Å². The van der Waals surface area contributed by atoms with Crippen LogP contribution < -0.4 is 0 Å². The fourth-order valence-electron chi connectivity index (χ4n) is 3.83. The molecule has 1 fully saturated rings. The average molecular weight is 287 g/mol. The molecule has 0 radical (unpaired) electrons. The summed E-state index contributed by atoms with van der Waals surface area (Å²) in [5.41, 5.74) is 2.80. The number of fused-ring (bicyclic) bond motifs is 1. The van der Waals surface area contributed by atoms with Crippen LogP contribution in [-0.4, -0.2) is 35.1 Å². The fourth-order valence-corrected chi connectivity index (χ4v) is 3.83. The predicted molar refractivity (Wildman–Crippen MR) is 83.1 cm³/mol. The van der Waals surface area contributed by atoms with E-state index in [1.807, 2.05) is 11.8 Å². The van der Waals surface area contributed by atoms with Gasteiger partial charge in [0.25, 0.3) is 0 Å². The number of carbonyl (C=O) groups is 1. The quantitative estimate of drug-likeness (QED) is 0.928. The molecule has 1 aliphatic heterocycles. The maximum Gasteiger partial charge on any atom is 0.223 e. The number of likely N-dealkylation sites (tertiary alicyclic amines) is 1. The molecular weight excluding hydrogens is 262 g/mol. The van der Waals surface area contributed by atoms with Crippen molar-refractivity contribution in [3.8, 4) is 0 Å². The summed E-state index contributed by atoms with van der Waals surface area (Å²) in [4.78, 5) is 14.5. The van der Waals surface area contributed by atoms with Crippen LogP contribution in [0.4, 0.5) is 0 Å². The van der Waals surface area contributed by atoms with Gasteiger partial charge >= 0.3 is 0 Å². The van der Waals surface area contributed by atoms with Crippen molar-refractivity contribution >= 4 is 5.91 Å². The second-order valence-electron chi connectivity index (χ2n) is 6.60. The van der Waals surface area contributed by atoms with Gasteiger partial charge in [0.15, 0.2) is 0 Å². The molecule has 0 bridgehead atoms. The van der Waals surface area contributed by atoms with Crippen LogP contribution in [0.3, 0.4) is 0 Å². The van der Waals surface area contributed by atoms with Gasteiger partial charge in [-0.2, -0.15) is 0 Å². The molecule has 1 N–H and O–H groups in total. The minimum Gasteiger partial charge on any atom is -0.393 e. The number of aliphatic hydroxyl groups excluding tert-OH is 1. The molecule has 1 heterocycles. The zero-order valence-electron chi connectivity index (χ0n) is 12.8. The Kier molecular flexibility index (Phi) is 4.29. The Morgan fingerprint density at radius 1 is 1.29 bits per heavy atom. The average Bonchev–Trinajstić information content (AvgIpc) is 2.91. The number of aliphatic hydroxyl groups is 1. The molecule has 0 saturated carbocycles. The summed E-state index contributed by atoms with van der Waals surface area (Å²) < 4.78 is 0. The Morgan fingerprint density at radius 3 is 2.71 bits per heavy atom. The monoisotopic (exact) mass is 287 g/mol. The third kappa shape index (κ3) is 3.13. The lowest BCUT2D eigenvalue weighted by Gasteiger charge is -2.34. The van der Waals surface area contributed by atoms with Gasteiger partial charge in [0.1, 0.15) is 0 Å². The van der Waals surface area contributed by atoms with Crippen molar-refractivity contribution in [3.63, 3.8) is 0 Å². The summed E-state index contributed by atoms with van der Waals surface area (Å²) in [6, 6.07) is 8.54. The maximum absolute atomic E-state index is 12.5. The van der Waals surface area contributed by atoms with Gasteiger partial charge in [0.05, 0.1) is 6.10 Å². The van der Waals surface area contributed by atoms with E-state index in [1.54, 1.807) is 0 Å². The first-order valence-corrected chi connectivity index (χ1v) is 8.19. The van der Waals surface area contributed by atoms with Gasteiger partial charge in [-0.05, 0) is 55.6 Å². The summed E-state index contributed by atoms with van der Waals surface area (Å²) >= 11 is 0.